The fourth-order valence-corrected chi connectivity index (χ4v) is 5.00. The summed E-state index contributed by atoms with van der Waals surface area (Å²) in [6, 6.07) is 16.7. The second-order valence-corrected chi connectivity index (χ2v) is 10.0. The zero-order valence-corrected chi connectivity index (χ0v) is 16.5. The van der Waals surface area contributed by atoms with Crippen LogP contribution in [0.2, 0.25) is 0 Å². The van der Waals surface area contributed by atoms with Crippen LogP contribution in [0.3, 0.4) is 0 Å². The highest BCUT2D eigenvalue weighted by Crippen LogP contribution is 2.63. The number of hydrogen-bond acceptors (Lipinski definition) is 3. The molecule has 0 heterocycles. The average Bonchev–Trinajstić information content (AvgIpc) is 3.25. The molecular weight excluding hydrogens is 362 g/mol. The van der Waals surface area contributed by atoms with Crippen LogP contribution in [0.4, 0.5) is 0 Å². The van der Waals surface area contributed by atoms with Gasteiger partial charge in [-0.1, -0.05) is 36.4 Å². The van der Waals surface area contributed by atoms with Gasteiger partial charge in [0.1, 0.15) is 0 Å². The molecule has 1 spiro atoms. The van der Waals surface area contributed by atoms with Crippen molar-refractivity contribution in [2.45, 2.75) is 36.3 Å². The second kappa shape index (κ2) is 6.55. The van der Waals surface area contributed by atoms with Crippen molar-refractivity contribution in [1.82, 2.24) is 0 Å². The third-order valence-electron chi connectivity index (χ3n) is 5.53. The van der Waals surface area contributed by atoms with Crippen LogP contribution in [-0.2, 0) is 15.8 Å². The Kier molecular flexibility index (Phi) is 4.49. The van der Waals surface area contributed by atoms with Gasteiger partial charge >= 0.3 is 0 Å². The molecule has 0 aromatic heterocycles. The Labute approximate surface area is 159 Å². The van der Waals surface area contributed by atoms with Gasteiger partial charge < -0.3 is 0 Å². The van der Waals surface area contributed by atoms with Crippen LogP contribution in [-0.4, -0.2) is 14.7 Å². The van der Waals surface area contributed by atoms with Crippen molar-refractivity contribution in [2.75, 3.05) is 6.26 Å². The number of hydrogen-bond donors (Lipinski definition) is 1. The molecule has 0 atom stereocenters. The zero-order valence-electron chi connectivity index (χ0n) is 14.9. The van der Waals surface area contributed by atoms with E-state index in [4.69, 9.17) is 5.14 Å². The van der Waals surface area contributed by atoms with Crippen LogP contribution in [0.25, 0.3) is 11.1 Å². The summed E-state index contributed by atoms with van der Waals surface area (Å²) in [7, 11) is -3.49. The first kappa shape index (κ1) is 17.8. The number of thioether (sulfide) groups is 1. The molecule has 2 aliphatic rings. The quantitative estimate of drug-likeness (QED) is 0.760. The Morgan fingerprint density at radius 1 is 0.923 bits per heavy atom. The Morgan fingerprint density at radius 3 is 1.85 bits per heavy atom. The topological polar surface area (TPSA) is 60.2 Å². The van der Waals surface area contributed by atoms with E-state index in [1.807, 2.05) is 24.3 Å². The van der Waals surface area contributed by atoms with E-state index in [9.17, 15) is 8.42 Å². The summed E-state index contributed by atoms with van der Waals surface area (Å²) < 4.78 is 22.6. The van der Waals surface area contributed by atoms with Crippen LogP contribution >= 0.6 is 11.8 Å². The average molecular weight is 386 g/mol. The lowest BCUT2D eigenvalue weighted by atomic mass is 9.96. The van der Waals surface area contributed by atoms with Gasteiger partial charge in [0.05, 0.1) is 5.75 Å². The lowest BCUT2D eigenvalue weighted by Gasteiger charge is -2.10. The van der Waals surface area contributed by atoms with Gasteiger partial charge in [0, 0.05) is 4.90 Å². The Hall–Kier alpha value is -1.56. The lowest BCUT2D eigenvalue weighted by Crippen LogP contribution is -2.14. The first-order valence-electron chi connectivity index (χ1n) is 8.84. The first-order valence-corrected chi connectivity index (χ1v) is 11.8. The fraction of sp³-hybridized carbons (Fsp3) is 0.333. The maximum Gasteiger partial charge on any atom is 0.213 e. The molecule has 3 nitrogen and oxygen atoms in total. The molecule has 2 aromatic rings. The van der Waals surface area contributed by atoms with E-state index in [1.165, 1.54) is 40.0 Å². The minimum absolute atomic E-state index is 0.112. The normalized spacial score (nSPS) is 18.5. The van der Waals surface area contributed by atoms with Gasteiger partial charge in [-0.25, -0.2) is 13.6 Å². The van der Waals surface area contributed by atoms with Crippen LogP contribution in [0.15, 0.2) is 53.4 Å². The summed E-state index contributed by atoms with van der Waals surface area (Å²) in [5, 5.41) is 5.15. The highest BCUT2D eigenvalue weighted by Gasteiger charge is 2.48. The Morgan fingerprint density at radius 2 is 1.42 bits per heavy atom. The van der Waals surface area contributed by atoms with Crippen LogP contribution < -0.4 is 5.14 Å². The molecule has 136 valence electrons. The number of rotatable bonds is 5. The van der Waals surface area contributed by atoms with Crippen LogP contribution in [0.1, 0.15) is 42.4 Å². The van der Waals surface area contributed by atoms with E-state index in [-0.39, 0.29) is 5.75 Å². The Bertz CT molecular complexity index is 954. The SMILES string of the molecule is CSc1ccc(C2=C(c3ccc(CS(N)(=O)=O)cc3)CC3(CC3)C2)cc1. The molecule has 5 heteroatoms. The highest BCUT2D eigenvalue weighted by molar-refractivity contribution is 7.98. The number of primary sulfonamides is 1. The summed E-state index contributed by atoms with van der Waals surface area (Å²) in [6.45, 7) is 0. The fourth-order valence-electron chi connectivity index (χ4n) is 3.94. The molecule has 0 radical (unpaired) electrons. The molecule has 0 saturated heterocycles. The maximum atomic E-state index is 11.3. The third-order valence-corrected chi connectivity index (χ3v) is 7.01. The predicted octanol–water partition coefficient (Wildman–Crippen LogP) is 4.68. The van der Waals surface area contributed by atoms with Crippen molar-refractivity contribution in [3.8, 4) is 0 Å². The largest absolute Gasteiger partial charge is 0.228 e. The van der Waals surface area contributed by atoms with Crippen LogP contribution in [0, 0.1) is 5.41 Å². The maximum absolute atomic E-state index is 11.3. The standard InChI is InChI=1S/C21H23NO2S2/c1-25-18-8-6-17(7-9-18)20-13-21(10-11-21)12-19(20)16-4-2-15(3-5-16)14-26(22,23)24/h2-9H,10-14H2,1H3,(H2,22,23,24). The van der Waals surface area contributed by atoms with E-state index >= 15 is 0 Å². The van der Waals surface area contributed by atoms with Gasteiger partial charge in [-0.15, -0.1) is 11.8 Å². The molecule has 0 unspecified atom stereocenters. The minimum Gasteiger partial charge on any atom is -0.228 e. The summed E-state index contributed by atoms with van der Waals surface area (Å²) in [5.41, 5.74) is 6.60. The van der Waals surface area contributed by atoms with Crippen molar-refractivity contribution in [3.05, 3.63) is 65.2 Å². The molecule has 2 aliphatic carbocycles. The molecule has 0 amide bonds. The first-order chi connectivity index (χ1) is 12.4. The van der Waals surface area contributed by atoms with Gasteiger partial charge in [0.15, 0.2) is 0 Å². The third kappa shape index (κ3) is 3.75. The van der Waals surface area contributed by atoms with Crippen molar-refractivity contribution >= 4 is 32.9 Å². The van der Waals surface area contributed by atoms with Crippen molar-refractivity contribution in [1.29, 1.82) is 0 Å². The molecule has 26 heavy (non-hydrogen) atoms. The van der Waals surface area contributed by atoms with E-state index in [2.05, 4.69) is 30.5 Å². The molecule has 2 N–H and O–H groups in total. The molecule has 2 aromatic carbocycles. The summed E-state index contributed by atoms with van der Waals surface area (Å²) in [6.07, 6.45) is 7.00. The summed E-state index contributed by atoms with van der Waals surface area (Å²) in [5.74, 6) is -0.112. The van der Waals surface area contributed by atoms with Crippen molar-refractivity contribution < 1.29 is 8.42 Å². The zero-order chi connectivity index (χ0) is 18.4. The van der Waals surface area contributed by atoms with E-state index in [0.29, 0.717) is 5.41 Å². The molecule has 0 bridgehead atoms. The monoisotopic (exact) mass is 385 g/mol. The number of sulfonamides is 1. The highest BCUT2D eigenvalue weighted by atomic mass is 32.2. The van der Waals surface area contributed by atoms with Crippen molar-refractivity contribution in [3.63, 3.8) is 0 Å². The molecular formula is C21H23NO2S2. The molecule has 1 saturated carbocycles. The summed E-state index contributed by atoms with van der Waals surface area (Å²) in [4.78, 5) is 1.28. The van der Waals surface area contributed by atoms with Gasteiger partial charge in [0.2, 0.25) is 10.0 Å². The molecule has 4 rings (SSSR count). The van der Waals surface area contributed by atoms with Gasteiger partial charge in [-0.05, 0) is 77.3 Å². The smallest absolute Gasteiger partial charge is 0.213 e. The minimum atomic E-state index is -3.49. The number of allylic oxidation sites excluding steroid dienone is 2. The molecule has 1 fully saturated rings. The number of nitrogens with two attached hydrogens (primary N) is 1. The summed E-state index contributed by atoms with van der Waals surface area (Å²) >= 11 is 1.76. The predicted molar refractivity (Wildman–Crippen MR) is 109 cm³/mol. The van der Waals surface area contributed by atoms with Gasteiger partial charge in [-0.3, -0.25) is 0 Å². The van der Waals surface area contributed by atoms with E-state index in [0.717, 1.165) is 18.4 Å². The Balaban J connectivity index is 1.68. The van der Waals surface area contributed by atoms with Gasteiger partial charge in [-0.2, -0.15) is 0 Å². The van der Waals surface area contributed by atoms with Crippen LogP contribution in [0.5, 0.6) is 0 Å². The second-order valence-electron chi connectivity index (χ2n) is 7.54. The van der Waals surface area contributed by atoms with E-state index in [1.54, 1.807) is 11.8 Å². The van der Waals surface area contributed by atoms with Gasteiger partial charge in [0.25, 0.3) is 0 Å². The lowest BCUT2D eigenvalue weighted by molar-refractivity contribution is 0.568. The molecule has 0 aliphatic heterocycles. The number of benzene rings is 2. The van der Waals surface area contributed by atoms with E-state index < -0.39 is 10.0 Å². The van der Waals surface area contributed by atoms with Crippen molar-refractivity contribution in [2.24, 2.45) is 10.6 Å².